The molecule has 0 heterocycles. The molecule has 0 saturated heterocycles. The maximum atomic E-state index is 12.4. The summed E-state index contributed by atoms with van der Waals surface area (Å²) in [5.74, 6) is -3.65. The molecule has 2 aromatic carbocycles. The standard InChI is InChI=1S/C14H8O7S.H2O/c15-11-6-3-1-2-4-7(6)12(16)10-8(11)5-9(22(19,20)21)13(17)14(10)18;/h1-5,17-18H,(H,19,20,21);1H2. The van der Waals surface area contributed by atoms with E-state index in [0.29, 0.717) is 6.07 Å². The molecule has 3 rings (SSSR count). The van der Waals surface area contributed by atoms with Crippen molar-refractivity contribution >= 4 is 21.7 Å². The summed E-state index contributed by atoms with van der Waals surface area (Å²) in [6, 6.07) is 6.49. The SMILES string of the molecule is O.O=C1c2ccccc2C(=O)c2c1cc(S(=O)(=O)O)c(O)c2O. The van der Waals surface area contributed by atoms with Crippen LogP contribution >= 0.6 is 0 Å². The van der Waals surface area contributed by atoms with Gasteiger partial charge in [-0.3, -0.25) is 14.1 Å². The Morgan fingerprint density at radius 2 is 1.35 bits per heavy atom. The van der Waals surface area contributed by atoms with E-state index in [1.165, 1.54) is 24.3 Å². The van der Waals surface area contributed by atoms with Crippen LogP contribution in [0.25, 0.3) is 0 Å². The monoisotopic (exact) mass is 338 g/mol. The van der Waals surface area contributed by atoms with Gasteiger partial charge < -0.3 is 15.7 Å². The molecule has 0 amide bonds. The van der Waals surface area contributed by atoms with Gasteiger partial charge in [-0.2, -0.15) is 8.42 Å². The number of fused-ring (bicyclic) bond motifs is 2. The van der Waals surface area contributed by atoms with Crippen LogP contribution in [-0.2, 0) is 10.1 Å². The van der Waals surface area contributed by atoms with Crippen molar-refractivity contribution in [2.45, 2.75) is 4.90 Å². The first-order chi connectivity index (χ1) is 10.2. The van der Waals surface area contributed by atoms with E-state index in [1.54, 1.807) is 0 Å². The highest BCUT2D eigenvalue weighted by Gasteiger charge is 2.36. The lowest BCUT2D eigenvalue weighted by atomic mass is 9.83. The average molecular weight is 338 g/mol. The summed E-state index contributed by atoms with van der Waals surface area (Å²) >= 11 is 0. The Morgan fingerprint density at radius 3 is 1.87 bits per heavy atom. The Labute approximate surface area is 129 Å². The minimum atomic E-state index is -4.88. The Morgan fingerprint density at radius 1 is 0.826 bits per heavy atom. The third kappa shape index (κ3) is 2.27. The molecule has 0 atom stereocenters. The van der Waals surface area contributed by atoms with Gasteiger partial charge in [0.15, 0.2) is 23.1 Å². The minimum absolute atomic E-state index is 0. The number of hydrogen-bond acceptors (Lipinski definition) is 6. The first kappa shape index (κ1) is 16.6. The molecule has 0 bridgehead atoms. The molecule has 9 heteroatoms. The van der Waals surface area contributed by atoms with E-state index in [9.17, 15) is 28.2 Å². The second-order valence-corrected chi connectivity index (χ2v) is 6.06. The van der Waals surface area contributed by atoms with E-state index in [-0.39, 0.29) is 16.6 Å². The van der Waals surface area contributed by atoms with Crippen molar-refractivity contribution in [1.82, 2.24) is 0 Å². The number of phenols is 2. The fourth-order valence-corrected chi connectivity index (χ4v) is 3.01. The zero-order valence-electron chi connectivity index (χ0n) is 11.3. The average Bonchev–Trinajstić information content (AvgIpc) is 2.46. The van der Waals surface area contributed by atoms with Crippen LogP contribution in [0.4, 0.5) is 0 Å². The van der Waals surface area contributed by atoms with Crippen LogP contribution in [-0.4, -0.2) is 40.2 Å². The third-order valence-corrected chi connectivity index (χ3v) is 4.27. The molecule has 2 aromatic rings. The van der Waals surface area contributed by atoms with Crippen molar-refractivity contribution in [3.05, 3.63) is 52.6 Å². The molecule has 5 N–H and O–H groups in total. The number of hydrogen-bond donors (Lipinski definition) is 3. The molecule has 8 nitrogen and oxygen atoms in total. The molecular weight excluding hydrogens is 328 g/mol. The van der Waals surface area contributed by atoms with Gasteiger partial charge in [0.25, 0.3) is 10.1 Å². The maximum absolute atomic E-state index is 12.4. The van der Waals surface area contributed by atoms with Gasteiger partial charge in [0.2, 0.25) is 0 Å². The van der Waals surface area contributed by atoms with E-state index in [2.05, 4.69) is 0 Å². The molecule has 0 radical (unpaired) electrons. The second-order valence-electron chi connectivity index (χ2n) is 4.67. The molecule has 0 fully saturated rings. The Bertz CT molecular complexity index is 959. The van der Waals surface area contributed by atoms with Gasteiger partial charge in [-0.25, -0.2) is 0 Å². The van der Waals surface area contributed by atoms with Crippen molar-refractivity contribution in [3.8, 4) is 11.5 Å². The zero-order chi connectivity index (χ0) is 16.2. The number of aromatic hydroxyl groups is 2. The van der Waals surface area contributed by atoms with Gasteiger partial charge in [0, 0.05) is 16.7 Å². The minimum Gasteiger partial charge on any atom is -0.504 e. The van der Waals surface area contributed by atoms with Crippen molar-refractivity contribution in [2.75, 3.05) is 0 Å². The van der Waals surface area contributed by atoms with E-state index in [4.69, 9.17) is 4.55 Å². The van der Waals surface area contributed by atoms with E-state index >= 15 is 0 Å². The number of carbonyl (C=O) groups is 2. The first-order valence-corrected chi connectivity index (χ1v) is 7.42. The second kappa shape index (κ2) is 5.16. The van der Waals surface area contributed by atoms with Crippen LogP contribution in [0.1, 0.15) is 31.8 Å². The number of phenolic OH excluding ortho intramolecular Hbond substituents is 2. The summed E-state index contributed by atoms with van der Waals surface area (Å²) in [6.07, 6.45) is 0. The summed E-state index contributed by atoms with van der Waals surface area (Å²) in [5, 5.41) is 19.6. The van der Waals surface area contributed by atoms with Crippen molar-refractivity contribution in [3.63, 3.8) is 0 Å². The smallest absolute Gasteiger partial charge is 0.298 e. The fraction of sp³-hybridized carbons (Fsp3) is 0. The highest BCUT2D eigenvalue weighted by atomic mass is 32.2. The molecule has 0 aliphatic heterocycles. The van der Waals surface area contributed by atoms with Crippen molar-refractivity contribution in [1.29, 1.82) is 0 Å². The van der Waals surface area contributed by atoms with Gasteiger partial charge in [0.1, 0.15) is 4.90 Å². The molecule has 1 aliphatic carbocycles. The van der Waals surface area contributed by atoms with Crippen LogP contribution in [0.2, 0.25) is 0 Å². The topological polar surface area (TPSA) is 160 Å². The molecule has 0 saturated carbocycles. The van der Waals surface area contributed by atoms with Crippen LogP contribution in [0.5, 0.6) is 11.5 Å². The largest absolute Gasteiger partial charge is 0.504 e. The molecule has 0 spiro atoms. The quantitative estimate of drug-likeness (QED) is 0.424. The zero-order valence-corrected chi connectivity index (χ0v) is 12.1. The summed E-state index contributed by atoms with van der Waals surface area (Å²) in [6.45, 7) is 0. The molecule has 23 heavy (non-hydrogen) atoms. The van der Waals surface area contributed by atoms with Crippen LogP contribution in [0, 0.1) is 0 Å². The number of carbonyl (C=O) groups excluding carboxylic acids is 2. The van der Waals surface area contributed by atoms with E-state index in [0.717, 1.165) is 0 Å². The Balaban J connectivity index is 0.00000192. The number of rotatable bonds is 1. The molecular formula is C14H10O8S. The summed E-state index contributed by atoms with van der Waals surface area (Å²) in [5.41, 5.74) is -0.805. The van der Waals surface area contributed by atoms with Gasteiger partial charge >= 0.3 is 0 Å². The van der Waals surface area contributed by atoms with Crippen molar-refractivity contribution < 1.29 is 38.2 Å². The van der Waals surface area contributed by atoms with Crippen LogP contribution < -0.4 is 0 Å². The molecule has 120 valence electrons. The highest BCUT2D eigenvalue weighted by molar-refractivity contribution is 7.86. The van der Waals surface area contributed by atoms with E-state index in [1.807, 2.05) is 0 Å². The number of ketones is 2. The molecule has 1 aliphatic rings. The Kier molecular flexibility index (Phi) is 3.73. The summed E-state index contributed by atoms with van der Waals surface area (Å²) < 4.78 is 31.5. The predicted octanol–water partition coefficient (Wildman–Crippen LogP) is 0.295. The number of benzene rings is 2. The third-order valence-electron chi connectivity index (χ3n) is 3.41. The molecule has 0 aromatic heterocycles. The first-order valence-electron chi connectivity index (χ1n) is 5.98. The van der Waals surface area contributed by atoms with Gasteiger partial charge in [-0.15, -0.1) is 0 Å². The molecule has 0 unspecified atom stereocenters. The maximum Gasteiger partial charge on any atom is 0.298 e. The highest BCUT2D eigenvalue weighted by Crippen LogP contribution is 2.42. The summed E-state index contributed by atoms with van der Waals surface area (Å²) in [4.78, 5) is 23.7. The fourth-order valence-electron chi connectivity index (χ4n) is 2.40. The van der Waals surface area contributed by atoms with Gasteiger partial charge in [-0.1, -0.05) is 24.3 Å². The summed E-state index contributed by atoms with van der Waals surface area (Å²) in [7, 11) is -4.88. The lowest BCUT2D eigenvalue weighted by molar-refractivity contribution is 0.0975. The van der Waals surface area contributed by atoms with Crippen molar-refractivity contribution in [2.24, 2.45) is 0 Å². The lowest BCUT2D eigenvalue weighted by Gasteiger charge is -2.19. The Hall–Kier alpha value is -2.75. The predicted molar refractivity (Wildman–Crippen MR) is 76.5 cm³/mol. The lowest BCUT2D eigenvalue weighted by Crippen LogP contribution is -2.21. The van der Waals surface area contributed by atoms with E-state index < -0.39 is 49.2 Å². The normalized spacial score (nSPS) is 13.1. The van der Waals surface area contributed by atoms with Gasteiger partial charge in [0.05, 0.1) is 5.56 Å². The van der Waals surface area contributed by atoms with Crippen LogP contribution in [0.15, 0.2) is 35.2 Å². The van der Waals surface area contributed by atoms with Crippen LogP contribution in [0.3, 0.4) is 0 Å². The van der Waals surface area contributed by atoms with Gasteiger partial charge in [-0.05, 0) is 6.07 Å².